The lowest BCUT2D eigenvalue weighted by Crippen LogP contribution is -2.30. The van der Waals surface area contributed by atoms with E-state index in [-0.39, 0.29) is 11.6 Å². The monoisotopic (exact) mass is 255 g/mol. The molecule has 17 heavy (non-hydrogen) atoms. The number of thiocarbonyl (C=S) groups is 1. The first-order chi connectivity index (χ1) is 8.19. The standard InChI is InChI=1S/C11H17N3O2S/c1-16-7-5-14(4-6-15)9-2-3-13-10(8-9)11(12)17/h2-3,8,15H,4-7H2,1H3,(H2,12,17). The quantitative estimate of drug-likeness (QED) is 0.676. The number of methoxy groups -OCH3 is 1. The van der Waals surface area contributed by atoms with E-state index in [1.165, 1.54) is 0 Å². The number of anilines is 1. The minimum Gasteiger partial charge on any atom is -0.395 e. The predicted octanol–water partition coefficient (Wildman–Crippen LogP) is 0.161. The van der Waals surface area contributed by atoms with Crippen LogP contribution in [0.5, 0.6) is 0 Å². The highest BCUT2D eigenvalue weighted by atomic mass is 32.1. The molecule has 0 bridgehead atoms. The number of pyridine rings is 1. The number of rotatable bonds is 7. The molecule has 0 unspecified atom stereocenters. The van der Waals surface area contributed by atoms with E-state index in [4.69, 9.17) is 27.8 Å². The van der Waals surface area contributed by atoms with Crippen molar-refractivity contribution in [1.29, 1.82) is 0 Å². The fourth-order valence-electron chi connectivity index (χ4n) is 1.44. The molecule has 0 saturated heterocycles. The molecule has 3 N–H and O–H groups in total. The van der Waals surface area contributed by atoms with Gasteiger partial charge in [0.2, 0.25) is 0 Å². The molecule has 5 nitrogen and oxygen atoms in total. The first kappa shape index (κ1) is 13.8. The highest BCUT2D eigenvalue weighted by Gasteiger charge is 2.07. The molecule has 0 aromatic carbocycles. The van der Waals surface area contributed by atoms with E-state index < -0.39 is 0 Å². The molecule has 6 heteroatoms. The fraction of sp³-hybridized carbons (Fsp3) is 0.455. The van der Waals surface area contributed by atoms with Crippen molar-refractivity contribution in [3.05, 3.63) is 24.0 Å². The third-order valence-corrected chi connectivity index (χ3v) is 2.51. The van der Waals surface area contributed by atoms with Crippen LogP contribution in [0.2, 0.25) is 0 Å². The second-order valence-electron chi connectivity index (χ2n) is 3.47. The molecular formula is C11H17N3O2S. The summed E-state index contributed by atoms with van der Waals surface area (Å²) in [5, 5.41) is 9.03. The van der Waals surface area contributed by atoms with Crippen molar-refractivity contribution < 1.29 is 9.84 Å². The van der Waals surface area contributed by atoms with Crippen molar-refractivity contribution in [2.45, 2.75) is 0 Å². The van der Waals surface area contributed by atoms with Gasteiger partial charge in [-0.05, 0) is 12.1 Å². The largest absolute Gasteiger partial charge is 0.395 e. The van der Waals surface area contributed by atoms with Gasteiger partial charge in [0.15, 0.2) is 0 Å². The van der Waals surface area contributed by atoms with Gasteiger partial charge in [0.05, 0.1) is 18.9 Å². The maximum atomic E-state index is 9.03. The van der Waals surface area contributed by atoms with Crippen molar-refractivity contribution >= 4 is 22.9 Å². The molecule has 0 atom stereocenters. The number of aromatic nitrogens is 1. The van der Waals surface area contributed by atoms with E-state index in [9.17, 15) is 0 Å². The Morgan fingerprint density at radius 1 is 1.59 bits per heavy atom. The number of aliphatic hydroxyl groups is 1. The van der Waals surface area contributed by atoms with Crippen LogP contribution in [-0.2, 0) is 4.74 Å². The first-order valence-electron chi connectivity index (χ1n) is 5.29. The van der Waals surface area contributed by atoms with Crippen LogP contribution in [0, 0.1) is 0 Å². The molecule has 0 spiro atoms. The summed E-state index contributed by atoms with van der Waals surface area (Å²) in [5.41, 5.74) is 7.04. The van der Waals surface area contributed by atoms with Gasteiger partial charge < -0.3 is 20.5 Å². The Bertz CT molecular complexity index is 373. The van der Waals surface area contributed by atoms with Gasteiger partial charge in [0, 0.05) is 32.1 Å². The number of hydrogen-bond acceptors (Lipinski definition) is 5. The van der Waals surface area contributed by atoms with E-state index >= 15 is 0 Å². The third-order valence-electron chi connectivity index (χ3n) is 2.30. The van der Waals surface area contributed by atoms with Gasteiger partial charge in [-0.1, -0.05) is 12.2 Å². The molecule has 1 aromatic heterocycles. The SMILES string of the molecule is COCCN(CCO)c1ccnc(C(N)=S)c1. The van der Waals surface area contributed by atoms with E-state index in [1.807, 2.05) is 17.0 Å². The average Bonchev–Trinajstić information content (AvgIpc) is 2.34. The summed E-state index contributed by atoms with van der Waals surface area (Å²) < 4.78 is 5.03. The molecule has 0 radical (unpaired) electrons. The van der Waals surface area contributed by atoms with Crippen LogP contribution in [-0.4, -0.2) is 48.5 Å². The topological polar surface area (TPSA) is 71.6 Å². The minimum absolute atomic E-state index is 0.0778. The number of nitrogens with two attached hydrogens (primary N) is 1. The van der Waals surface area contributed by atoms with Gasteiger partial charge in [-0.25, -0.2) is 0 Å². The highest BCUT2D eigenvalue weighted by molar-refractivity contribution is 7.80. The molecule has 0 saturated carbocycles. The van der Waals surface area contributed by atoms with Crippen molar-refractivity contribution in [2.75, 3.05) is 38.3 Å². The van der Waals surface area contributed by atoms with Crippen LogP contribution in [0.4, 0.5) is 5.69 Å². The zero-order valence-corrected chi connectivity index (χ0v) is 10.6. The summed E-state index contributed by atoms with van der Waals surface area (Å²) in [4.78, 5) is 6.33. The summed E-state index contributed by atoms with van der Waals surface area (Å²) in [6, 6.07) is 3.67. The van der Waals surface area contributed by atoms with Gasteiger partial charge in [0.25, 0.3) is 0 Å². The van der Waals surface area contributed by atoms with Gasteiger partial charge in [-0.2, -0.15) is 0 Å². The van der Waals surface area contributed by atoms with Crippen LogP contribution in [0.15, 0.2) is 18.3 Å². The summed E-state index contributed by atoms with van der Waals surface area (Å²) >= 11 is 4.88. The first-order valence-corrected chi connectivity index (χ1v) is 5.70. The Morgan fingerprint density at radius 3 is 2.94 bits per heavy atom. The molecule has 0 amide bonds. The maximum absolute atomic E-state index is 9.03. The highest BCUT2D eigenvalue weighted by Crippen LogP contribution is 2.14. The number of ether oxygens (including phenoxy) is 1. The van der Waals surface area contributed by atoms with Crippen molar-refractivity contribution in [1.82, 2.24) is 4.98 Å². The summed E-state index contributed by atoms with van der Waals surface area (Å²) in [6.07, 6.45) is 1.65. The lowest BCUT2D eigenvalue weighted by molar-refractivity contribution is 0.203. The fourth-order valence-corrected chi connectivity index (χ4v) is 1.55. The van der Waals surface area contributed by atoms with Crippen molar-refractivity contribution in [3.8, 4) is 0 Å². The number of nitrogens with zero attached hydrogens (tertiary/aromatic N) is 2. The van der Waals surface area contributed by atoms with Crippen LogP contribution >= 0.6 is 12.2 Å². The maximum Gasteiger partial charge on any atom is 0.122 e. The molecular weight excluding hydrogens is 238 g/mol. The lowest BCUT2D eigenvalue weighted by atomic mass is 10.3. The number of aliphatic hydroxyl groups excluding tert-OH is 1. The van der Waals surface area contributed by atoms with Gasteiger partial charge in [-0.3, -0.25) is 4.98 Å². The molecule has 1 heterocycles. The van der Waals surface area contributed by atoms with Gasteiger partial charge >= 0.3 is 0 Å². The van der Waals surface area contributed by atoms with Crippen molar-refractivity contribution in [3.63, 3.8) is 0 Å². The van der Waals surface area contributed by atoms with Crippen LogP contribution in [0.3, 0.4) is 0 Å². The van der Waals surface area contributed by atoms with Gasteiger partial charge in [0.1, 0.15) is 4.99 Å². The Kier molecular flexibility index (Phi) is 5.82. The molecule has 94 valence electrons. The molecule has 1 aromatic rings. The molecule has 1 rings (SSSR count). The van der Waals surface area contributed by atoms with E-state index in [0.717, 1.165) is 5.69 Å². The second kappa shape index (κ2) is 7.16. The van der Waals surface area contributed by atoms with Gasteiger partial charge in [-0.15, -0.1) is 0 Å². The van der Waals surface area contributed by atoms with E-state index in [2.05, 4.69) is 4.98 Å². The summed E-state index contributed by atoms with van der Waals surface area (Å²) in [6.45, 7) is 1.89. The summed E-state index contributed by atoms with van der Waals surface area (Å²) in [5.74, 6) is 0. The minimum atomic E-state index is 0.0778. The number of hydrogen-bond donors (Lipinski definition) is 2. The Labute approximate surface area is 106 Å². The second-order valence-corrected chi connectivity index (χ2v) is 3.91. The predicted molar refractivity (Wildman–Crippen MR) is 71.3 cm³/mol. The zero-order valence-electron chi connectivity index (χ0n) is 9.80. The van der Waals surface area contributed by atoms with Crippen LogP contribution in [0.1, 0.15) is 5.69 Å². The van der Waals surface area contributed by atoms with Crippen molar-refractivity contribution in [2.24, 2.45) is 5.73 Å². The Balaban J connectivity index is 2.84. The normalized spacial score (nSPS) is 10.2. The molecule has 0 aliphatic heterocycles. The molecule has 0 fully saturated rings. The summed E-state index contributed by atoms with van der Waals surface area (Å²) in [7, 11) is 1.64. The third kappa shape index (κ3) is 4.26. The lowest BCUT2D eigenvalue weighted by Gasteiger charge is -2.23. The Hall–Kier alpha value is -1.24. The van der Waals surface area contributed by atoms with Crippen LogP contribution < -0.4 is 10.6 Å². The molecule has 0 aliphatic rings. The average molecular weight is 255 g/mol. The van der Waals surface area contributed by atoms with E-state index in [1.54, 1.807) is 13.3 Å². The van der Waals surface area contributed by atoms with Crippen LogP contribution in [0.25, 0.3) is 0 Å². The Morgan fingerprint density at radius 2 is 2.35 bits per heavy atom. The zero-order chi connectivity index (χ0) is 12.7. The molecule has 0 aliphatic carbocycles. The smallest absolute Gasteiger partial charge is 0.122 e. The van der Waals surface area contributed by atoms with E-state index in [0.29, 0.717) is 25.4 Å².